The molecule has 4 nitrogen and oxygen atoms in total. The molecule has 0 aliphatic rings. The second-order valence-electron chi connectivity index (χ2n) is 7.11. The molecule has 0 spiro atoms. The molecule has 0 heterocycles. The zero-order valence-electron chi connectivity index (χ0n) is 16.6. The minimum absolute atomic E-state index is 0.0218. The summed E-state index contributed by atoms with van der Waals surface area (Å²) in [5.41, 5.74) is 0. The zero-order valence-corrected chi connectivity index (χ0v) is 18.2. The topological polar surface area (TPSA) is 55.8 Å². The van der Waals surface area contributed by atoms with Crippen molar-refractivity contribution < 1.29 is 18.5 Å². The van der Waals surface area contributed by atoms with Gasteiger partial charge >= 0.3 is 7.82 Å². The molecule has 6 heteroatoms. The summed E-state index contributed by atoms with van der Waals surface area (Å²) in [5, 5.41) is -0.308. The molecule has 0 radical (unpaired) electrons. The number of rotatable bonds is 18. The molecule has 0 saturated heterocycles. The van der Waals surface area contributed by atoms with Crippen LogP contribution < -0.4 is 0 Å². The van der Waals surface area contributed by atoms with E-state index in [0.717, 1.165) is 19.3 Å². The van der Waals surface area contributed by atoms with E-state index in [2.05, 4.69) is 13.8 Å². The average Bonchev–Trinajstić information content (AvgIpc) is 2.57. The SMILES string of the molecule is CCCCCCCCC(CCCCCC)COP(=O)(O)OCC(C)Cl. The van der Waals surface area contributed by atoms with E-state index < -0.39 is 7.82 Å². The maximum absolute atomic E-state index is 11.9. The van der Waals surface area contributed by atoms with Gasteiger partial charge in [0.05, 0.1) is 18.6 Å². The first-order chi connectivity index (χ1) is 11.9. The first kappa shape index (κ1) is 25.4. The highest BCUT2D eigenvalue weighted by Crippen LogP contribution is 2.44. The third-order valence-electron chi connectivity index (χ3n) is 4.37. The highest BCUT2D eigenvalue weighted by atomic mass is 35.5. The van der Waals surface area contributed by atoms with Gasteiger partial charge in [0.1, 0.15) is 0 Å². The lowest BCUT2D eigenvalue weighted by Crippen LogP contribution is -2.11. The Morgan fingerprint density at radius 2 is 1.28 bits per heavy atom. The van der Waals surface area contributed by atoms with Gasteiger partial charge in [-0.1, -0.05) is 78.1 Å². The van der Waals surface area contributed by atoms with Crippen molar-refractivity contribution in [2.45, 2.75) is 103 Å². The molecular formula is C19H40ClO4P. The first-order valence-electron chi connectivity index (χ1n) is 10.2. The van der Waals surface area contributed by atoms with E-state index in [1.807, 2.05) is 0 Å². The molecule has 0 aromatic rings. The third-order valence-corrected chi connectivity index (χ3v) is 5.45. The Labute approximate surface area is 160 Å². The van der Waals surface area contributed by atoms with Crippen molar-refractivity contribution in [2.75, 3.05) is 13.2 Å². The molecule has 0 fully saturated rings. The smallest absolute Gasteiger partial charge is 0.302 e. The number of hydrogen-bond acceptors (Lipinski definition) is 3. The quantitative estimate of drug-likeness (QED) is 0.152. The van der Waals surface area contributed by atoms with E-state index in [1.165, 1.54) is 57.8 Å². The van der Waals surface area contributed by atoms with E-state index in [1.54, 1.807) is 6.92 Å². The average molecular weight is 399 g/mol. The summed E-state index contributed by atoms with van der Waals surface area (Å²) in [7, 11) is -3.98. The molecular weight excluding hydrogens is 359 g/mol. The predicted molar refractivity (Wildman–Crippen MR) is 107 cm³/mol. The second kappa shape index (κ2) is 16.6. The molecule has 0 aromatic heterocycles. The molecule has 0 aromatic carbocycles. The van der Waals surface area contributed by atoms with Crippen molar-refractivity contribution in [1.29, 1.82) is 0 Å². The van der Waals surface area contributed by atoms with E-state index in [0.29, 0.717) is 12.5 Å². The molecule has 1 N–H and O–H groups in total. The monoisotopic (exact) mass is 398 g/mol. The van der Waals surface area contributed by atoms with Crippen LogP contribution in [0.1, 0.15) is 97.8 Å². The Morgan fingerprint density at radius 1 is 0.840 bits per heavy atom. The summed E-state index contributed by atoms with van der Waals surface area (Å²) in [6, 6.07) is 0. The summed E-state index contributed by atoms with van der Waals surface area (Å²) < 4.78 is 22.0. The van der Waals surface area contributed by atoms with Gasteiger partial charge in [0, 0.05) is 0 Å². The molecule has 0 rings (SSSR count). The van der Waals surface area contributed by atoms with Gasteiger partial charge in [0.15, 0.2) is 0 Å². The molecule has 0 amide bonds. The highest BCUT2D eigenvalue weighted by molar-refractivity contribution is 7.47. The van der Waals surface area contributed by atoms with Crippen LogP contribution in [0.2, 0.25) is 0 Å². The van der Waals surface area contributed by atoms with Crippen molar-refractivity contribution in [2.24, 2.45) is 5.92 Å². The fourth-order valence-electron chi connectivity index (χ4n) is 2.82. The number of phosphoric acid groups is 1. The van der Waals surface area contributed by atoms with Gasteiger partial charge in [-0.25, -0.2) is 4.57 Å². The van der Waals surface area contributed by atoms with Gasteiger partial charge in [0.2, 0.25) is 0 Å². The summed E-state index contributed by atoms with van der Waals surface area (Å²) >= 11 is 5.75. The van der Waals surface area contributed by atoms with Crippen LogP contribution >= 0.6 is 19.4 Å². The summed E-state index contributed by atoms with van der Waals surface area (Å²) in [4.78, 5) is 9.74. The number of halogens is 1. The van der Waals surface area contributed by atoms with Crippen LogP contribution in [0.5, 0.6) is 0 Å². The lowest BCUT2D eigenvalue weighted by Gasteiger charge is -2.19. The second-order valence-corrected chi connectivity index (χ2v) is 9.31. The molecule has 0 aliphatic heterocycles. The molecule has 0 aliphatic carbocycles. The predicted octanol–water partition coefficient (Wildman–Crippen LogP) is 7.08. The molecule has 3 atom stereocenters. The van der Waals surface area contributed by atoms with E-state index in [4.69, 9.17) is 20.6 Å². The van der Waals surface area contributed by atoms with Crippen LogP contribution in [-0.2, 0) is 13.6 Å². The third kappa shape index (κ3) is 17.6. The van der Waals surface area contributed by atoms with Crippen molar-refractivity contribution in [1.82, 2.24) is 0 Å². The van der Waals surface area contributed by atoms with Crippen molar-refractivity contribution in [3.8, 4) is 0 Å². The van der Waals surface area contributed by atoms with Crippen LogP contribution in [0, 0.1) is 5.92 Å². The number of hydrogen-bond donors (Lipinski definition) is 1. The maximum Gasteiger partial charge on any atom is 0.472 e. The van der Waals surface area contributed by atoms with Crippen LogP contribution in [0.15, 0.2) is 0 Å². The standard InChI is InChI=1S/C19H40ClO4P/c1-4-6-8-10-11-13-15-19(14-12-9-7-5-2)17-24-25(21,22)23-16-18(3)20/h18-19H,4-17H2,1-3H3,(H,21,22). The Hall–Kier alpha value is 0.400. The van der Waals surface area contributed by atoms with Gasteiger partial charge in [0.25, 0.3) is 0 Å². The maximum atomic E-state index is 11.9. The molecule has 3 unspecified atom stereocenters. The molecule has 0 bridgehead atoms. The lowest BCUT2D eigenvalue weighted by molar-refractivity contribution is 0.125. The van der Waals surface area contributed by atoms with Crippen molar-refractivity contribution >= 4 is 19.4 Å². The number of phosphoric ester groups is 1. The Morgan fingerprint density at radius 3 is 1.80 bits per heavy atom. The molecule has 0 saturated carbocycles. The van der Waals surface area contributed by atoms with Crippen LogP contribution in [0.3, 0.4) is 0 Å². The summed E-state index contributed by atoms with van der Waals surface area (Å²) in [6.07, 6.45) is 14.5. The highest BCUT2D eigenvalue weighted by Gasteiger charge is 2.23. The Balaban J connectivity index is 4.16. The van der Waals surface area contributed by atoms with Crippen LogP contribution in [-0.4, -0.2) is 23.5 Å². The van der Waals surface area contributed by atoms with Crippen molar-refractivity contribution in [3.05, 3.63) is 0 Å². The minimum atomic E-state index is -3.98. The largest absolute Gasteiger partial charge is 0.472 e. The van der Waals surface area contributed by atoms with E-state index in [9.17, 15) is 9.46 Å². The normalized spacial score (nSPS) is 16.5. The van der Waals surface area contributed by atoms with Crippen molar-refractivity contribution in [3.63, 3.8) is 0 Å². The summed E-state index contributed by atoms with van der Waals surface area (Å²) in [5.74, 6) is 0.334. The van der Waals surface area contributed by atoms with Gasteiger partial charge < -0.3 is 4.89 Å². The van der Waals surface area contributed by atoms with Crippen LogP contribution in [0.4, 0.5) is 0 Å². The summed E-state index contributed by atoms with van der Waals surface area (Å²) in [6.45, 7) is 6.47. The van der Waals surface area contributed by atoms with Gasteiger partial charge in [-0.15, -0.1) is 11.6 Å². The first-order valence-corrected chi connectivity index (χ1v) is 12.1. The molecule has 25 heavy (non-hydrogen) atoms. The minimum Gasteiger partial charge on any atom is -0.302 e. The number of unbranched alkanes of at least 4 members (excludes halogenated alkanes) is 8. The van der Waals surface area contributed by atoms with Crippen LogP contribution in [0.25, 0.3) is 0 Å². The number of alkyl halides is 1. The Bertz CT molecular complexity index is 339. The zero-order chi connectivity index (χ0) is 19.0. The lowest BCUT2D eigenvalue weighted by atomic mass is 9.95. The Kier molecular flexibility index (Phi) is 16.8. The molecule has 152 valence electrons. The van der Waals surface area contributed by atoms with Gasteiger partial charge in [-0.05, 0) is 25.7 Å². The fourth-order valence-corrected chi connectivity index (χ4v) is 3.85. The van der Waals surface area contributed by atoms with E-state index >= 15 is 0 Å². The fraction of sp³-hybridized carbons (Fsp3) is 1.00. The van der Waals surface area contributed by atoms with Gasteiger partial charge in [-0.2, -0.15) is 0 Å². The van der Waals surface area contributed by atoms with E-state index in [-0.39, 0.29) is 12.0 Å². The van der Waals surface area contributed by atoms with Gasteiger partial charge in [-0.3, -0.25) is 9.05 Å².